The zero-order valence-corrected chi connectivity index (χ0v) is 17.6. The van der Waals surface area contributed by atoms with Gasteiger partial charge in [-0.15, -0.1) is 0 Å². The highest BCUT2D eigenvalue weighted by Crippen LogP contribution is 2.52. The van der Waals surface area contributed by atoms with Crippen LogP contribution in [-0.2, 0) is 0 Å². The lowest BCUT2D eigenvalue weighted by atomic mass is 9.58. The smallest absolute Gasteiger partial charge is 0.0692 e. The fourth-order valence-electron chi connectivity index (χ4n) is 7.00. The maximum Gasteiger partial charge on any atom is 0.0692 e. The highest BCUT2D eigenvalue weighted by molar-refractivity contribution is 5.06. The van der Waals surface area contributed by atoms with E-state index in [0.717, 1.165) is 23.7 Å². The quantitative estimate of drug-likeness (QED) is 0.474. The molecule has 1 nitrogen and oxygen atoms in total. The summed E-state index contributed by atoms with van der Waals surface area (Å²) in [7, 11) is 0. The van der Waals surface area contributed by atoms with Crippen molar-refractivity contribution in [2.75, 3.05) is 0 Å². The first-order valence-corrected chi connectivity index (χ1v) is 12.1. The van der Waals surface area contributed by atoms with Crippen LogP contribution in [0.3, 0.4) is 0 Å². The first-order valence-electron chi connectivity index (χ1n) is 12.1. The molecule has 0 aromatic carbocycles. The van der Waals surface area contributed by atoms with E-state index in [2.05, 4.69) is 19.9 Å². The van der Waals surface area contributed by atoms with Crippen LogP contribution in [-0.4, -0.2) is 0 Å². The number of rotatable bonds is 6. The Hall–Kier alpha value is -0.510. The van der Waals surface area contributed by atoms with Crippen LogP contribution in [0.15, 0.2) is 0 Å². The van der Waals surface area contributed by atoms with Crippen molar-refractivity contribution in [2.24, 2.45) is 35.0 Å². The predicted molar refractivity (Wildman–Crippen MR) is 111 cm³/mol. The normalized spacial score (nSPS) is 41.5. The van der Waals surface area contributed by atoms with Crippen LogP contribution in [0.25, 0.3) is 0 Å². The average molecular weight is 358 g/mol. The SMILES string of the molecule is CCCC1CCC(C2CCC(C3(C#N)CCC(CCC)CC3)CC2)CC1. The van der Waals surface area contributed by atoms with Crippen molar-refractivity contribution in [1.82, 2.24) is 0 Å². The van der Waals surface area contributed by atoms with E-state index in [9.17, 15) is 5.26 Å². The summed E-state index contributed by atoms with van der Waals surface area (Å²) >= 11 is 0. The van der Waals surface area contributed by atoms with Gasteiger partial charge in [0.25, 0.3) is 0 Å². The number of hydrogen-bond donors (Lipinski definition) is 0. The molecule has 0 saturated heterocycles. The van der Waals surface area contributed by atoms with Gasteiger partial charge < -0.3 is 0 Å². The minimum Gasteiger partial charge on any atom is -0.198 e. The lowest BCUT2D eigenvalue weighted by molar-refractivity contribution is 0.0650. The van der Waals surface area contributed by atoms with Crippen molar-refractivity contribution in [2.45, 2.75) is 117 Å². The zero-order chi connectivity index (χ0) is 18.4. The van der Waals surface area contributed by atoms with Crippen LogP contribution in [0.4, 0.5) is 0 Å². The summed E-state index contributed by atoms with van der Waals surface area (Å²) in [4.78, 5) is 0. The second kappa shape index (κ2) is 9.61. The number of nitrogens with zero attached hydrogens (tertiary/aromatic N) is 1. The predicted octanol–water partition coefficient (Wildman–Crippen LogP) is 7.90. The highest BCUT2D eigenvalue weighted by atomic mass is 14.5. The van der Waals surface area contributed by atoms with Crippen molar-refractivity contribution in [3.05, 3.63) is 0 Å². The Morgan fingerprint density at radius 3 is 1.62 bits per heavy atom. The Bertz CT molecular complexity index is 437. The van der Waals surface area contributed by atoms with Crippen LogP contribution in [0, 0.1) is 46.3 Å². The van der Waals surface area contributed by atoms with Crippen molar-refractivity contribution in [3.63, 3.8) is 0 Å². The fourth-order valence-corrected chi connectivity index (χ4v) is 7.00. The second-order valence-electron chi connectivity index (χ2n) is 10.2. The molecule has 0 amide bonds. The van der Waals surface area contributed by atoms with Gasteiger partial charge in [-0.1, -0.05) is 52.4 Å². The Morgan fingerprint density at radius 2 is 1.15 bits per heavy atom. The summed E-state index contributed by atoms with van der Waals surface area (Å²) < 4.78 is 0. The largest absolute Gasteiger partial charge is 0.198 e. The van der Waals surface area contributed by atoms with E-state index in [1.807, 2.05) is 0 Å². The Labute approximate surface area is 163 Å². The van der Waals surface area contributed by atoms with E-state index in [1.54, 1.807) is 0 Å². The Balaban J connectivity index is 1.47. The van der Waals surface area contributed by atoms with Gasteiger partial charge in [-0.3, -0.25) is 0 Å². The first-order chi connectivity index (χ1) is 12.7. The lowest BCUT2D eigenvalue weighted by Crippen LogP contribution is -2.37. The molecule has 3 fully saturated rings. The van der Waals surface area contributed by atoms with Gasteiger partial charge in [0.2, 0.25) is 0 Å². The summed E-state index contributed by atoms with van der Waals surface area (Å²) in [6.45, 7) is 4.65. The van der Waals surface area contributed by atoms with E-state index < -0.39 is 0 Å². The van der Waals surface area contributed by atoms with Crippen molar-refractivity contribution < 1.29 is 0 Å². The summed E-state index contributed by atoms with van der Waals surface area (Å²) in [6.07, 6.45) is 22.1. The van der Waals surface area contributed by atoms with E-state index >= 15 is 0 Å². The molecule has 148 valence electrons. The maximum atomic E-state index is 10.1. The van der Waals surface area contributed by atoms with Crippen LogP contribution in [0.2, 0.25) is 0 Å². The topological polar surface area (TPSA) is 23.8 Å². The van der Waals surface area contributed by atoms with Crippen LogP contribution in [0.5, 0.6) is 0 Å². The van der Waals surface area contributed by atoms with Crippen LogP contribution in [0.1, 0.15) is 117 Å². The minimum absolute atomic E-state index is 0.0496. The molecule has 0 aromatic heterocycles. The number of nitriles is 1. The molecule has 0 spiro atoms. The molecule has 26 heavy (non-hydrogen) atoms. The molecule has 3 rings (SSSR count). The molecule has 0 radical (unpaired) electrons. The highest BCUT2D eigenvalue weighted by Gasteiger charge is 2.44. The molecule has 0 aliphatic heterocycles. The van der Waals surface area contributed by atoms with E-state index in [4.69, 9.17) is 0 Å². The Kier molecular flexibility index (Phi) is 7.48. The molecule has 0 heterocycles. The summed E-state index contributed by atoms with van der Waals surface area (Å²) in [5.74, 6) is 4.66. The molecule has 3 aliphatic rings. The summed E-state index contributed by atoms with van der Waals surface area (Å²) in [5, 5.41) is 10.1. The van der Waals surface area contributed by atoms with E-state index in [-0.39, 0.29) is 5.41 Å². The van der Waals surface area contributed by atoms with Gasteiger partial charge in [-0.25, -0.2) is 0 Å². The Morgan fingerprint density at radius 1 is 0.692 bits per heavy atom. The standard InChI is InChI=1S/C25H43N/c1-3-5-20-7-9-22(10-8-20)23-11-13-24(14-12-23)25(19-26)17-15-21(6-4-2)16-18-25/h20-24H,3-18H2,1-2H3. The maximum absolute atomic E-state index is 10.1. The first kappa shape index (κ1) is 20.2. The minimum atomic E-state index is 0.0496. The molecule has 0 bridgehead atoms. The summed E-state index contributed by atoms with van der Waals surface area (Å²) in [6, 6.07) is 2.86. The van der Waals surface area contributed by atoms with Gasteiger partial charge in [0.15, 0.2) is 0 Å². The molecule has 0 N–H and O–H groups in total. The van der Waals surface area contributed by atoms with Gasteiger partial charge in [0, 0.05) is 0 Å². The van der Waals surface area contributed by atoms with E-state index in [0.29, 0.717) is 5.92 Å². The molecule has 3 saturated carbocycles. The third kappa shape index (κ3) is 4.66. The van der Waals surface area contributed by atoms with Gasteiger partial charge in [-0.2, -0.15) is 5.26 Å². The zero-order valence-electron chi connectivity index (χ0n) is 17.6. The molecular formula is C25H43N. The van der Waals surface area contributed by atoms with Crippen molar-refractivity contribution in [1.29, 1.82) is 5.26 Å². The van der Waals surface area contributed by atoms with Gasteiger partial charge in [0.05, 0.1) is 11.5 Å². The van der Waals surface area contributed by atoms with Gasteiger partial charge >= 0.3 is 0 Å². The fraction of sp³-hybridized carbons (Fsp3) is 0.960. The molecule has 0 aromatic rings. The van der Waals surface area contributed by atoms with Crippen LogP contribution >= 0.6 is 0 Å². The number of hydrogen-bond acceptors (Lipinski definition) is 1. The van der Waals surface area contributed by atoms with Gasteiger partial charge in [0.1, 0.15) is 0 Å². The third-order valence-electron chi connectivity index (χ3n) is 8.73. The molecule has 1 heteroatoms. The molecule has 0 unspecified atom stereocenters. The average Bonchev–Trinajstić information content (AvgIpc) is 2.70. The van der Waals surface area contributed by atoms with Crippen molar-refractivity contribution in [3.8, 4) is 6.07 Å². The summed E-state index contributed by atoms with van der Waals surface area (Å²) in [5.41, 5.74) is 0.0496. The monoisotopic (exact) mass is 357 g/mol. The molecule has 3 aliphatic carbocycles. The van der Waals surface area contributed by atoms with E-state index in [1.165, 1.54) is 103 Å². The third-order valence-corrected chi connectivity index (χ3v) is 8.73. The molecular weight excluding hydrogens is 314 g/mol. The van der Waals surface area contributed by atoms with Crippen molar-refractivity contribution >= 4 is 0 Å². The molecule has 0 atom stereocenters. The second-order valence-corrected chi connectivity index (χ2v) is 10.2. The van der Waals surface area contributed by atoms with Gasteiger partial charge in [-0.05, 0) is 93.8 Å². The lowest BCUT2D eigenvalue weighted by Gasteiger charge is -2.45. The van der Waals surface area contributed by atoms with Crippen LogP contribution < -0.4 is 0 Å².